The van der Waals surface area contributed by atoms with Gasteiger partial charge in [0.15, 0.2) is 0 Å². The highest BCUT2D eigenvalue weighted by Gasteiger charge is 2.19. The molecule has 2 rings (SSSR count). The summed E-state index contributed by atoms with van der Waals surface area (Å²) in [7, 11) is 0. The van der Waals surface area contributed by atoms with E-state index >= 15 is 0 Å². The van der Waals surface area contributed by atoms with Crippen molar-refractivity contribution < 1.29 is 14.0 Å². The van der Waals surface area contributed by atoms with E-state index in [0.29, 0.717) is 12.5 Å². The van der Waals surface area contributed by atoms with Crippen molar-refractivity contribution in [1.29, 1.82) is 0 Å². The maximum atomic E-state index is 13.1. The summed E-state index contributed by atoms with van der Waals surface area (Å²) >= 11 is 0. The van der Waals surface area contributed by atoms with Crippen LogP contribution in [0, 0.1) is 11.7 Å². The molecular weight excluding hydrogens is 335 g/mol. The van der Waals surface area contributed by atoms with Crippen LogP contribution in [0.25, 0.3) is 0 Å². The van der Waals surface area contributed by atoms with Gasteiger partial charge in [0.05, 0.1) is 6.20 Å². The number of carbonyl (C=O) groups is 2. The topological polar surface area (TPSA) is 75.2 Å². The number of nitrogens with one attached hydrogen (secondary N) is 1. The molecule has 0 saturated heterocycles. The Balaban J connectivity index is 2.06. The SMILES string of the molecule is CC(C)CNC(=O)CCN(Cc1ccc(F)cc1)C(=O)c1cnccn1. The summed E-state index contributed by atoms with van der Waals surface area (Å²) in [5.74, 6) is -0.419. The van der Waals surface area contributed by atoms with Crippen LogP contribution in [0.15, 0.2) is 42.9 Å². The first-order valence-corrected chi connectivity index (χ1v) is 8.52. The second kappa shape index (κ2) is 9.60. The van der Waals surface area contributed by atoms with E-state index in [1.54, 1.807) is 12.1 Å². The Hall–Kier alpha value is -2.83. The van der Waals surface area contributed by atoms with Crippen molar-refractivity contribution in [1.82, 2.24) is 20.2 Å². The molecule has 0 atom stereocenters. The number of amides is 2. The fraction of sp³-hybridized carbons (Fsp3) is 0.368. The van der Waals surface area contributed by atoms with Crippen LogP contribution in [-0.4, -0.2) is 39.8 Å². The Morgan fingerprint density at radius 2 is 1.92 bits per heavy atom. The minimum absolute atomic E-state index is 0.116. The minimum Gasteiger partial charge on any atom is -0.356 e. The number of benzene rings is 1. The maximum absolute atomic E-state index is 13.1. The third-order valence-corrected chi connectivity index (χ3v) is 3.67. The Bertz CT molecular complexity index is 720. The molecule has 7 heteroatoms. The molecule has 2 amide bonds. The van der Waals surface area contributed by atoms with Crippen molar-refractivity contribution in [3.63, 3.8) is 0 Å². The lowest BCUT2D eigenvalue weighted by molar-refractivity contribution is -0.121. The van der Waals surface area contributed by atoms with Gasteiger partial charge in [0.2, 0.25) is 5.91 Å². The van der Waals surface area contributed by atoms with Crippen molar-refractivity contribution in [2.45, 2.75) is 26.8 Å². The zero-order valence-electron chi connectivity index (χ0n) is 15.0. The summed E-state index contributed by atoms with van der Waals surface area (Å²) in [5.41, 5.74) is 0.975. The second-order valence-corrected chi connectivity index (χ2v) is 6.39. The van der Waals surface area contributed by atoms with E-state index in [2.05, 4.69) is 15.3 Å². The lowest BCUT2D eigenvalue weighted by Gasteiger charge is -2.22. The quantitative estimate of drug-likeness (QED) is 0.786. The summed E-state index contributed by atoms with van der Waals surface area (Å²) in [6.07, 6.45) is 4.50. The highest BCUT2D eigenvalue weighted by atomic mass is 19.1. The van der Waals surface area contributed by atoms with Crippen LogP contribution in [0.1, 0.15) is 36.3 Å². The molecule has 26 heavy (non-hydrogen) atoms. The third kappa shape index (κ3) is 6.23. The van der Waals surface area contributed by atoms with Crippen LogP contribution in [0.3, 0.4) is 0 Å². The fourth-order valence-corrected chi connectivity index (χ4v) is 2.28. The summed E-state index contributed by atoms with van der Waals surface area (Å²) in [5, 5.41) is 2.83. The van der Waals surface area contributed by atoms with Gasteiger partial charge in [0, 0.05) is 38.4 Å². The molecule has 1 heterocycles. The van der Waals surface area contributed by atoms with E-state index in [9.17, 15) is 14.0 Å². The average Bonchev–Trinajstić information content (AvgIpc) is 2.65. The monoisotopic (exact) mass is 358 g/mol. The van der Waals surface area contributed by atoms with Crippen molar-refractivity contribution in [2.24, 2.45) is 5.92 Å². The van der Waals surface area contributed by atoms with Gasteiger partial charge in [0.25, 0.3) is 5.91 Å². The zero-order valence-corrected chi connectivity index (χ0v) is 15.0. The van der Waals surface area contributed by atoms with Gasteiger partial charge in [-0.05, 0) is 23.6 Å². The smallest absolute Gasteiger partial charge is 0.274 e. The number of carbonyl (C=O) groups excluding carboxylic acids is 2. The molecule has 2 aromatic rings. The number of aromatic nitrogens is 2. The molecule has 1 aromatic carbocycles. The number of hydrogen-bond donors (Lipinski definition) is 1. The first-order valence-electron chi connectivity index (χ1n) is 8.52. The Labute approximate surface area is 152 Å². The molecule has 0 saturated carbocycles. The predicted octanol–water partition coefficient (Wildman–Crippen LogP) is 2.42. The van der Waals surface area contributed by atoms with Gasteiger partial charge in [-0.15, -0.1) is 0 Å². The van der Waals surface area contributed by atoms with Crippen LogP contribution in [-0.2, 0) is 11.3 Å². The first kappa shape index (κ1) is 19.5. The van der Waals surface area contributed by atoms with Crippen LogP contribution in [0.5, 0.6) is 0 Å². The van der Waals surface area contributed by atoms with Crippen LogP contribution in [0.2, 0.25) is 0 Å². The summed E-state index contributed by atoms with van der Waals surface area (Å²) in [6, 6.07) is 5.92. The average molecular weight is 358 g/mol. The molecule has 0 aliphatic heterocycles. The zero-order chi connectivity index (χ0) is 18.9. The molecule has 0 fully saturated rings. The van der Waals surface area contributed by atoms with E-state index in [4.69, 9.17) is 0 Å². The molecule has 6 nitrogen and oxygen atoms in total. The molecule has 0 bridgehead atoms. The molecular formula is C19H23FN4O2. The first-order chi connectivity index (χ1) is 12.5. The number of halogens is 1. The van der Waals surface area contributed by atoms with Gasteiger partial charge in [-0.1, -0.05) is 26.0 Å². The Morgan fingerprint density at radius 1 is 1.19 bits per heavy atom. The molecule has 1 aromatic heterocycles. The third-order valence-electron chi connectivity index (χ3n) is 3.67. The van der Waals surface area contributed by atoms with Gasteiger partial charge < -0.3 is 10.2 Å². The highest BCUT2D eigenvalue weighted by Crippen LogP contribution is 2.10. The van der Waals surface area contributed by atoms with E-state index in [0.717, 1.165) is 5.56 Å². The van der Waals surface area contributed by atoms with Crippen LogP contribution >= 0.6 is 0 Å². The minimum atomic E-state index is -0.339. The van der Waals surface area contributed by atoms with E-state index in [1.807, 2.05) is 13.8 Å². The number of hydrogen-bond acceptors (Lipinski definition) is 4. The Morgan fingerprint density at radius 3 is 2.54 bits per heavy atom. The molecule has 138 valence electrons. The highest BCUT2D eigenvalue weighted by molar-refractivity contribution is 5.92. The predicted molar refractivity (Wildman–Crippen MR) is 95.6 cm³/mol. The summed E-state index contributed by atoms with van der Waals surface area (Å²) < 4.78 is 13.1. The lowest BCUT2D eigenvalue weighted by Crippen LogP contribution is -2.36. The van der Waals surface area contributed by atoms with Gasteiger partial charge in [-0.3, -0.25) is 14.6 Å². The largest absolute Gasteiger partial charge is 0.356 e. The van der Waals surface area contributed by atoms with Crippen molar-refractivity contribution in [2.75, 3.05) is 13.1 Å². The van der Waals surface area contributed by atoms with E-state index in [1.165, 1.54) is 35.6 Å². The van der Waals surface area contributed by atoms with Crippen molar-refractivity contribution in [3.8, 4) is 0 Å². The fourth-order valence-electron chi connectivity index (χ4n) is 2.28. The van der Waals surface area contributed by atoms with Crippen LogP contribution in [0.4, 0.5) is 4.39 Å². The lowest BCUT2D eigenvalue weighted by atomic mass is 10.2. The number of rotatable bonds is 8. The van der Waals surface area contributed by atoms with Crippen molar-refractivity contribution >= 4 is 11.8 Å². The molecule has 0 aliphatic carbocycles. The normalized spacial score (nSPS) is 10.6. The van der Waals surface area contributed by atoms with E-state index in [-0.39, 0.29) is 42.8 Å². The summed E-state index contributed by atoms with van der Waals surface area (Å²) in [4.78, 5) is 34.2. The van der Waals surface area contributed by atoms with Gasteiger partial charge >= 0.3 is 0 Å². The second-order valence-electron chi connectivity index (χ2n) is 6.39. The van der Waals surface area contributed by atoms with Gasteiger partial charge in [-0.25, -0.2) is 9.37 Å². The number of nitrogens with zero attached hydrogens (tertiary/aromatic N) is 3. The maximum Gasteiger partial charge on any atom is 0.274 e. The molecule has 0 radical (unpaired) electrons. The van der Waals surface area contributed by atoms with Gasteiger partial charge in [0.1, 0.15) is 11.5 Å². The van der Waals surface area contributed by atoms with Gasteiger partial charge in [-0.2, -0.15) is 0 Å². The molecule has 0 spiro atoms. The standard InChI is InChI=1S/C19H23FN4O2/c1-14(2)11-23-18(25)7-10-24(13-15-3-5-16(20)6-4-15)19(26)17-12-21-8-9-22-17/h3-6,8-9,12,14H,7,10-11,13H2,1-2H3,(H,23,25). The Kier molecular flexibility index (Phi) is 7.20. The van der Waals surface area contributed by atoms with E-state index < -0.39 is 0 Å². The van der Waals surface area contributed by atoms with Crippen LogP contribution < -0.4 is 5.32 Å². The summed E-state index contributed by atoms with van der Waals surface area (Å²) in [6.45, 7) is 5.11. The molecule has 1 N–H and O–H groups in total. The molecule has 0 aliphatic rings. The molecule has 0 unspecified atom stereocenters. The van der Waals surface area contributed by atoms with Crippen molar-refractivity contribution in [3.05, 3.63) is 59.9 Å².